The minimum Gasteiger partial charge on any atom is -0.379 e. The molecular weight excluding hydrogens is 371 g/mol. The number of morpholine rings is 1. The Labute approximate surface area is 167 Å². The van der Waals surface area contributed by atoms with Crippen molar-refractivity contribution in [1.82, 2.24) is 20.4 Å². The summed E-state index contributed by atoms with van der Waals surface area (Å²) in [6, 6.07) is 0.372. The Morgan fingerprint density at radius 3 is 2.46 bits per heavy atom. The smallest absolute Gasteiger partial charge is 0.379 e. The molecular formula is C19H38F3N5O. The maximum atomic E-state index is 12.4. The third-order valence-electron chi connectivity index (χ3n) is 4.57. The van der Waals surface area contributed by atoms with Gasteiger partial charge < -0.3 is 15.4 Å². The second kappa shape index (κ2) is 13.2. The molecule has 1 fully saturated rings. The minimum absolute atomic E-state index is 0.372. The molecule has 2 N–H and O–H groups in total. The molecule has 1 heterocycles. The van der Waals surface area contributed by atoms with E-state index in [4.69, 9.17) is 9.73 Å². The predicted molar refractivity (Wildman–Crippen MR) is 108 cm³/mol. The molecule has 6 nitrogen and oxygen atoms in total. The average Bonchev–Trinajstić information content (AvgIpc) is 2.60. The summed E-state index contributed by atoms with van der Waals surface area (Å²) in [4.78, 5) is 8.48. The van der Waals surface area contributed by atoms with Crippen molar-refractivity contribution in [3.05, 3.63) is 0 Å². The molecule has 0 spiro atoms. The fourth-order valence-corrected chi connectivity index (χ4v) is 3.31. The number of hydrogen-bond acceptors (Lipinski definition) is 4. The molecule has 1 rings (SSSR count). The average molecular weight is 410 g/mol. The highest BCUT2D eigenvalue weighted by molar-refractivity contribution is 5.79. The summed E-state index contributed by atoms with van der Waals surface area (Å²) >= 11 is 0. The Balaban J connectivity index is 2.48. The van der Waals surface area contributed by atoms with E-state index in [1.807, 2.05) is 6.92 Å². The summed E-state index contributed by atoms with van der Waals surface area (Å²) in [5.41, 5.74) is 0. The number of aliphatic imine (C=N–C) groups is 1. The van der Waals surface area contributed by atoms with Crippen LogP contribution in [0.5, 0.6) is 0 Å². The standard InChI is InChI=1S/C19H38F3N5O/c1-5-23-18(24-7-6-8-26(4)15-19(20,21)22)25-14-17(13-16(2)3)27-9-11-28-12-10-27/h16-17H,5-15H2,1-4H3,(H2,23,24,25). The molecule has 0 bridgehead atoms. The first-order chi connectivity index (χ1) is 13.2. The maximum Gasteiger partial charge on any atom is 0.401 e. The van der Waals surface area contributed by atoms with Crippen molar-refractivity contribution in [3.63, 3.8) is 0 Å². The van der Waals surface area contributed by atoms with Gasteiger partial charge in [-0.3, -0.25) is 14.8 Å². The highest BCUT2D eigenvalue weighted by Gasteiger charge is 2.28. The van der Waals surface area contributed by atoms with Crippen LogP contribution in [0.1, 0.15) is 33.6 Å². The Bertz CT molecular complexity index is 440. The Kier molecular flexibility index (Phi) is 11.8. The maximum absolute atomic E-state index is 12.4. The molecule has 166 valence electrons. The third kappa shape index (κ3) is 11.7. The zero-order chi connectivity index (χ0) is 21.0. The SMILES string of the molecule is CCNC(=NCC(CC(C)C)N1CCOCC1)NCCCN(C)CC(F)(F)F. The van der Waals surface area contributed by atoms with Gasteiger partial charge in [0.05, 0.1) is 26.3 Å². The van der Waals surface area contributed by atoms with E-state index in [0.717, 1.165) is 45.2 Å². The number of guanidine groups is 1. The van der Waals surface area contributed by atoms with Gasteiger partial charge >= 0.3 is 6.18 Å². The van der Waals surface area contributed by atoms with Crippen molar-refractivity contribution in [3.8, 4) is 0 Å². The van der Waals surface area contributed by atoms with Crippen molar-refractivity contribution in [2.45, 2.75) is 45.8 Å². The number of rotatable bonds is 11. The lowest BCUT2D eigenvalue weighted by Crippen LogP contribution is -2.46. The lowest BCUT2D eigenvalue weighted by molar-refractivity contribution is -0.143. The number of alkyl halides is 3. The van der Waals surface area contributed by atoms with Crippen LogP contribution in [0.15, 0.2) is 4.99 Å². The summed E-state index contributed by atoms with van der Waals surface area (Å²) < 4.78 is 42.6. The molecule has 1 unspecified atom stereocenters. The van der Waals surface area contributed by atoms with E-state index in [1.54, 1.807) is 0 Å². The molecule has 0 saturated carbocycles. The van der Waals surface area contributed by atoms with Gasteiger partial charge in [-0.15, -0.1) is 0 Å². The summed E-state index contributed by atoms with van der Waals surface area (Å²) in [5, 5.41) is 6.46. The molecule has 1 aliphatic heterocycles. The molecule has 28 heavy (non-hydrogen) atoms. The van der Waals surface area contributed by atoms with Gasteiger partial charge in [0.25, 0.3) is 0 Å². The number of nitrogens with zero attached hydrogens (tertiary/aromatic N) is 3. The van der Waals surface area contributed by atoms with Gasteiger partial charge in [0.15, 0.2) is 5.96 Å². The van der Waals surface area contributed by atoms with Crippen LogP contribution in [0.3, 0.4) is 0 Å². The number of nitrogens with one attached hydrogen (secondary N) is 2. The zero-order valence-corrected chi connectivity index (χ0v) is 17.8. The summed E-state index contributed by atoms with van der Waals surface area (Å²) in [7, 11) is 1.49. The van der Waals surface area contributed by atoms with Crippen molar-refractivity contribution >= 4 is 5.96 Å². The molecule has 0 aromatic heterocycles. The van der Waals surface area contributed by atoms with E-state index in [9.17, 15) is 13.2 Å². The van der Waals surface area contributed by atoms with Gasteiger partial charge in [0.1, 0.15) is 0 Å². The van der Waals surface area contributed by atoms with Crippen LogP contribution in [-0.4, -0.2) is 94.1 Å². The monoisotopic (exact) mass is 409 g/mol. The highest BCUT2D eigenvalue weighted by Crippen LogP contribution is 2.15. The molecule has 1 aliphatic rings. The predicted octanol–water partition coefficient (Wildman–Crippen LogP) is 2.17. The summed E-state index contributed by atoms with van der Waals surface area (Å²) in [5.74, 6) is 1.31. The lowest BCUT2D eigenvalue weighted by Gasteiger charge is -2.34. The molecule has 0 aliphatic carbocycles. The first-order valence-corrected chi connectivity index (χ1v) is 10.3. The molecule has 9 heteroatoms. The third-order valence-corrected chi connectivity index (χ3v) is 4.57. The Hall–Kier alpha value is -1.06. The van der Waals surface area contributed by atoms with Gasteiger partial charge in [-0.05, 0) is 39.3 Å². The molecule has 1 saturated heterocycles. The van der Waals surface area contributed by atoms with Crippen LogP contribution < -0.4 is 10.6 Å². The topological polar surface area (TPSA) is 52.1 Å². The van der Waals surface area contributed by atoms with E-state index in [-0.39, 0.29) is 0 Å². The van der Waals surface area contributed by atoms with Crippen LogP contribution in [0.2, 0.25) is 0 Å². The second-order valence-corrected chi connectivity index (χ2v) is 7.78. The van der Waals surface area contributed by atoms with Crippen molar-refractivity contribution in [2.24, 2.45) is 10.9 Å². The van der Waals surface area contributed by atoms with Crippen molar-refractivity contribution in [1.29, 1.82) is 0 Å². The molecule has 1 atom stereocenters. The number of ether oxygens (including phenoxy) is 1. The van der Waals surface area contributed by atoms with Gasteiger partial charge in [0.2, 0.25) is 0 Å². The second-order valence-electron chi connectivity index (χ2n) is 7.78. The van der Waals surface area contributed by atoms with Crippen LogP contribution >= 0.6 is 0 Å². The number of hydrogen-bond donors (Lipinski definition) is 2. The molecule has 0 amide bonds. The first-order valence-electron chi connectivity index (χ1n) is 10.3. The largest absolute Gasteiger partial charge is 0.401 e. The number of halogens is 3. The van der Waals surface area contributed by atoms with E-state index >= 15 is 0 Å². The van der Waals surface area contributed by atoms with Crippen LogP contribution in [0.4, 0.5) is 13.2 Å². The van der Waals surface area contributed by atoms with E-state index < -0.39 is 12.7 Å². The molecule has 0 aromatic carbocycles. The van der Waals surface area contributed by atoms with Crippen LogP contribution in [-0.2, 0) is 4.74 Å². The summed E-state index contributed by atoms with van der Waals surface area (Å²) in [6.07, 6.45) is -2.45. The lowest BCUT2D eigenvalue weighted by atomic mass is 10.0. The zero-order valence-electron chi connectivity index (χ0n) is 17.8. The van der Waals surface area contributed by atoms with Gasteiger partial charge in [-0.25, -0.2) is 0 Å². The fraction of sp³-hybridized carbons (Fsp3) is 0.947. The van der Waals surface area contributed by atoms with Gasteiger partial charge in [0, 0.05) is 32.2 Å². The Morgan fingerprint density at radius 1 is 1.21 bits per heavy atom. The van der Waals surface area contributed by atoms with Crippen LogP contribution in [0.25, 0.3) is 0 Å². The first kappa shape index (κ1) is 25.0. The van der Waals surface area contributed by atoms with Gasteiger partial charge in [-0.1, -0.05) is 13.8 Å². The summed E-state index contributed by atoms with van der Waals surface area (Å²) in [6.45, 7) is 11.4. The highest BCUT2D eigenvalue weighted by atomic mass is 19.4. The Morgan fingerprint density at radius 2 is 1.89 bits per heavy atom. The minimum atomic E-state index is -4.15. The van der Waals surface area contributed by atoms with Crippen LogP contribution in [0, 0.1) is 5.92 Å². The quantitative estimate of drug-likeness (QED) is 0.311. The molecule has 0 aromatic rings. The van der Waals surface area contributed by atoms with E-state index in [1.165, 1.54) is 11.9 Å². The fourth-order valence-electron chi connectivity index (χ4n) is 3.31. The van der Waals surface area contributed by atoms with Crippen molar-refractivity contribution in [2.75, 3.05) is 66.1 Å². The van der Waals surface area contributed by atoms with E-state index in [0.29, 0.717) is 38.0 Å². The van der Waals surface area contributed by atoms with E-state index in [2.05, 4.69) is 29.4 Å². The molecule has 0 radical (unpaired) electrons. The van der Waals surface area contributed by atoms with Gasteiger partial charge in [-0.2, -0.15) is 13.2 Å². The van der Waals surface area contributed by atoms with Crippen molar-refractivity contribution < 1.29 is 17.9 Å². The normalized spacial score (nSPS) is 18.0.